The Morgan fingerprint density at radius 1 is 1.08 bits per heavy atom. The number of ether oxygens (including phenoxy) is 1. The largest absolute Gasteiger partial charge is 0.456 e. The van der Waals surface area contributed by atoms with Gasteiger partial charge in [0.25, 0.3) is 11.5 Å². The van der Waals surface area contributed by atoms with E-state index in [1.807, 2.05) is 13.8 Å². The molecule has 2 aromatic carbocycles. The first kappa shape index (κ1) is 26.5. The quantitative estimate of drug-likeness (QED) is 0.336. The molecule has 37 heavy (non-hydrogen) atoms. The van der Waals surface area contributed by atoms with E-state index in [4.69, 9.17) is 16.3 Å². The number of aryl methyl sites for hydroxylation is 3. The number of H-pyrrole nitrogens is 1. The summed E-state index contributed by atoms with van der Waals surface area (Å²) in [6.07, 6.45) is 1.62. The molecule has 4 rings (SSSR count). The van der Waals surface area contributed by atoms with E-state index >= 15 is 0 Å². The Bertz CT molecular complexity index is 1680. The van der Waals surface area contributed by atoms with Crippen molar-refractivity contribution in [2.45, 2.75) is 32.6 Å². The zero-order chi connectivity index (χ0) is 27.1. The molecule has 4 aromatic rings. The van der Waals surface area contributed by atoms with Crippen molar-refractivity contribution in [2.75, 3.05) is 12.3 Å². The van der Waals surface area contributed by atoms with Crippen LogP contribution in [0.5, 0.6) is 11.5 Å². The Morgan fingerprint density at radius 2 is 1.76 bits per heavy atom. The number of rotatable bonds is 7. The van der Waals surface area contributed by atoms with Crippen molar-refractivity contribution in [1.29, 1.82) is 0 Å². The minimum atomic E-state index is -3.54. The number of halogens is 1. The maximum Gasteiger partial charge on any atom is 0.274 e. The van der Waals surface area contributed by atoms with Gasteiger partial charge < -0.3 is 19.6 Å². The van der Waals surface area contributed by atoms with E-state index in [2.05, 4.69) is 10.3 Å². The lowest BCUT2D eigenvalue weighted by atomic mass is 10.0. The van der Waals surface area contributed by atoms with Gasteiger partial charge in [0.2, 0.25) is 0 Å². The van der Waals surface area contributed by atoms with Crippen LogP contribution in [0.2, 0.25) is 5.02 Å². The molecule has 0 saturated carbocycles. The predicted molar refractivity (Wildman–Crippen MR) is 146 cm³/mol. The van der Waals surface area contributed by atoms with Crippen LogP contribution in [0.15, 0.2) is 52.3 Å². The van der Waals surface area contributed by atoms with Crippen molar-refractivity contribution in [2.24, 2.45) is 7.05 Å². The Morgan fingerprint density at radius 3 is 2.38 bits per heavy atom. The van der Waals surface area contributed by atoms with E-state index in [1.165, 1.54) is 10.6 Å². The van der Waals surface area contributed by atoms with Gasteiger partial charge in [0.05, 0.1) is 10.6 Å². The molecule has 2 heterocycles. The number of pyridine rings is 1. The summed E-state index contributed by atoms with van der Waals surface area (Å²) in [6, 6.07) is 9.84. The fourth-order valence-electron chi connectivity index (χ4n) is 4.26. The molecule has 0 fully saturated rings. The molecule has 8 nitrogen and oxygen atoms in total. The topological polar surface area (TPSA) is 110 Å². The highest BCUT2D eigenvalue weighted by atomic mass is 35.5. The molecular weight excluding hydrogens is 514 g/mol. The number of fused-ring (bicyclic) bond motifs is 1. The van der Waals surface area contributed by atoms with Crippen LogP contribution in [-0.2, 0) is 16.9 Å². The van der Waals surface area contributed by atoms with Gasteiger partial charge in [-0.2, -0.15) is 0 Å². The molecule has 194 valence electrons. The highest BCUT2D eigenvalue weighted by molar-refractivity contribution is 7.91. The SMILES string of the molecule is CCNC(=O)c1cc2c(-c3cc(S(=O)(=O)CC)ccc3Oc3c(C)cc(Cl)cc3C)cn(C)c(=O)c2[nH]1. The summed E-state index contributed by atoms with van der Waals surface area (Å²) in [5.74, 6) is 0.563. The molecule has 0 unspecified atom stereocenters. The summed E-state index contributed by atoms with van der Waals surface area (Å²) >= 11 is 6.20. The van der Waals surface area contributed by atoms with Gasteiger partial charge in [0, 0.05) is 41.3 Å². The minimum Gasteiger partial charge on any atom is -0.456 e. The Labute approximate surface area is 220 Å². The Hall–Kier alpha value is -3.56. The fraction of sp³-hybridized carbons (Fsp3) is 0.259. The van der Waals surface area contributed by atoms with Crippen LogP contribution in [-0.4, -0.2) is 36.2 Å². The third-order valence-electron chi connectivity index (χ3n) is 6.16. The number of benzene rings is 2. The average molecular weight is 542 g/mol. The van der Waals surface area contributed by atoms with E-state index < -0.39 is 9.84 Å². The summed E-state index contributed by atoms with van der Waals surface area (Å²) in [5.41, 5.74) is 2.76. The van der Waals surface area contributed by atoms with Gasteiger partial charge >= 0.3 is 0 Å². The van der Waals surface area contributed by atoms with Crippen LogP contribution in [0, 0.1) is 13.8 Å². The number of aromatic nitrogens is 2. The second-order valence-electron chi connectivity index (χ2n) is 8.82. The van der Waals surface area contributed by atoms with Gasteiger partial charge in [-0.25, -0.2) is 8.42 Å². The minimum absolute atomic E-state index is 0.0732. The van der Waals surface area contributed by atoms with Gasteiger partial charge in [-0.05, 0) is 68.3 Å². The van der Waals surface area contributed by atoms with Crippen molar-refractivity contribution < 1.29 is 17.9 Å². The monoisotopic (exact) mass is 541 g/mol. The van der Waals surface area contributed by atoms with Crippen LogP contribution in [0.1, 0.15) is 35.5 Å². The standard InChI is InChI=1S/C27H28ClN3O5S/c1-6-29-26(32)22-13-20-21(14-31(5)27(33)24(20)30-22)19-12-18(37(34,35)7-2)8-9-23(19)36-25-15(3)10-17(28)11-16(25)4/h8-14,30H,6-7H2,1-5H3,(H,29,32). The van der Waals surface area contributed by atoms with Crippen molar-refractivity contribution in [1.82, 2.24) is 14.9 Å². The molecule has 0 aliphatic heterocycles. The average Bonchev–Trinajstić information content (AvgIpc) is 3.30. The van der Waals surface area contributed by atoms with E-state index in [-0.39, 0.29) is 33.3 Å². The van der Waals surface area contributed by atoms with E-state index in [0.29, 0.717) is 39.6 Å². The summed E-state index contributed by atoms with van der Waals surface area (Å²) in [5, 5.41) is 3.78. The first-order valence-electron chi connectivity index (χ1n) is 11.8. The zero-order valence-corrected chi connectivity index (χ0v) is 22.8. The van der Waals surface area contributed by atoms with Crippen LogP contribution >= 0.6 is 11.6 Å². The molecule has 0 atom stereocenters. The maximum atomic E-state index is 12.9. The lowest BCUT2D eigenvalue weighted by Gasteiger charge is -2.17. The fourth-order valence-corrected chi connectivity index (χ4v) is 5.50. The number of carbonyl (C=O) groups excluding carboxylic acids is 1. The van der Waals surface area contributed by atoms with Gasteiger partial charge in [-0.1, -0.05) is 18.5 Å². The summed E-state index contributed by atoms with van der Waals surface area (Å²) in [6.45, 7) is 7.55. The highest BCUT2D eigenvalue weighted by Gasteiger charge is 2.22. The number of hydrogen-bond acceptors (Lipinski definition) is 5. The summed E-state index contributed by atoms with van der Waals surface area (Å²) in [4.78, 5) is 28.5. The second-order valence-corrected chi connectivity index (χ2v) is 11.5. The second kappa shape index (κ2) is 10.1. The number of sulfone groups is 1. The molecule has 0 bridgehead atoms. The van der Waals surface area contributed by atoms with Crippen LogP contribution in [0.3, 0.4) is 0 Å². The number of hydrogen-bond donors (Lipinski definition) is 2. The lowest BCUT2D eigenvalue weighted by molar-refractivity contribution is 0.0951. The predicted octanol–water partition coefficient (Wildman–Crippen LogP) is 5.14. The van der Waals surface area contributed by atoms with Crippen LogP contribution in [0.25, 0.3) is 22.0 Å². The molecular formula is C27H28ClN3O5S. The first-order chi connectivity index (χ1) is 17.5. The summed E-state index contributed by atoms with van der Waals surface area (Å²) in [7, 11) is -1.95. The van der Waals surface area contributed by atoms with Gasteiger partial charge in [-0.15, -0.1) is 0 Å². The molecule has 0 aliphatic carbocycles. The lowest BCUT2D eigenvalue weighted by Crippen LogP contribution is -2.23. The van der Waals surface area contributed by atoms with Gasteiger partial charge in [0.1, 0.15) is 22.7 Å². The van der Waals surface area contributed by atoms with Crippen LogP contribution < -0.4 is 15.6 Å². The van der Waals surface area contributed by atoms with Crippen molar-refractivity contribution >= 4 is 38.2 Å². The molecule has 0 aliphatic rings. The molecule has 0 radical (unpaired) electrons. The van der Waals surface area contributed by atoms with E-state index in [0.717, 1.165) is 11.1 Å². The molecule has 0 spiro atoms. The Kier molecular flexibility index (Phi) is 7.21. The normalized spacial score (nSPS) is 11.6. The first-order valence-corrected chi connectivity index (χ1v) is 13.8. The number of carbonyl (C=O) groups is 1. The van der Waals surface area contributed by atoms with Crippen molar-refractivity contribution in [3.8, 4) is 22.6 Å². The summed E-state index contributed by atoms with van der Waals surface area (Å²) < 4.78 is 33.3. The van der Waals surface area contributed by atoms with Crippen molar-refractivity contribution in [3.05, 3.63) is 74.8 Å². The number of aromatic amines is 1. The third kappa shape index (κ3) is 5.01. The highest BCUT2D eigenvalue weighted by Crippen LogP contribution is 2.40. The smallest absolute Gasteiger partial charge is 0.274 e. The van der Waals surface area contributed by atoms with Crippen molar-refractivity contribution in [3.63, 3.8) is 0 Å². The maximum absolute atomic E-state index is 12.9. The number of nitrogens with one attached hydrogen (secondary N) is 2. The molecule has 1 amide bonds. The third-order valence-corrected chi connectivity index (χ3v) is 8.11. The number of amides is 1. The van der Waals surface area contributed by atoms with Gasteiger partial charge in [-0.3, -0.25) is 9.59 Å². The van der Waals surface area contributed by atoms with E-state index in [1.54, 1.807) is 57.4 Å². The zero-order valence-electron chi connectivity index (χ0n) is 21.2. The molecule has 2 N–H and O–H groups in total. The number of nitrogens with zero attached hydrogens (tertiary/aromatic N) is 1. The van der Waals surface area contributed by atoms with Crippen LogP contribution in [0.4, 0.5) is 0 Å². The van der Waals surface area contributed by atoms with E-state index in [9.17, 15) is 18.0 Å². The molecule has 2 aromatic heterocycles. The molecule has 0 saturated heterocycles. The molecule has 10 heteroatoms. The Balaban J connectivity index is 2.02. The van der Waals surface area contributed by atoms with Gasteiger partial charge in [0.15, 0.2) is 9.84 Å².